The Morgan fingerprint density at radius 3 is 2.00 bits per heavy atom. The summed E-state index contributed by atoms with van der Waals surface area (Å²) < 4.78 is 0. The van der Waals surface area contributed by atoms with E-state index in [4.69, 9.17) is 5.11 Å². The summed E-state index contributed by atoms with van der Waals surface area (Å²) >= 11 is 0. The van der Waals surface area contributed by atoms with Gasteiger partial charge in [-0.15, -0.1) is 0 Å². The summed E-state index contributed by atoms with van der Waals surface area (Å²) in [6, 6.07) is 11.3. The van der Waals surface area contributed by atoms with Crippen molar-refractivity contribution in [1.29, 1.82) is 0 Å². The van der Waals surface area contributed by atoms with Crippen LogP contribution in [0.15, 0.2) is 60.7 Å². The molecule has 0 heterocycles. The van der Waals surface area contributed by atoms with Crippen molar-refractivity contribution in [3.8, 4) is 0 Å². The van der Waals surface area contributed by atoms with E-state index in [2.05, 4.69) is 10.6 Å². The van der Waals surface area contributed by atoms with Crippen LogP contribution in [0.4, 0.5) is 17.1 Å². The molecule has 3 N–H and O–H groups in total. The minimum absolute atomic E-state index is 0.0998. The Bertz CT molecular complexity index is 1020. The van der Waals surface area contributed by atoms with E-state index in [0.29, 0.717) is 18.5 Å². The molecule has 0 radical (unpaired) electrons. The third kappa shape index (κ3) is 4.88. The molecule has 0 saturated heterocycles. The Kier molecular flexibility index (Phi) is 6.21. The number of benzene rings is 2. The molecule has 0 bridgehead atoms. The molecule has 1 aliphatic carbocycles. The Hall–Kier alpha value is -4.01. The van der Waals surface area contributed by atoms with Crippen molar-refractivity contribution in [2.45, 2.75) is 12.8 Å². The lowest BCUT2D eigenvalue weighted by Gasteiger charge is -2.26. The molecule has 2 aromatic carbocycles. The molecule has 9 nitrogen and oxygen atoms in total. The van der Waals surface area contributed by atoms with E-state index in [0.717, 1.165) is 0 Å². The highest BCUT2D eigenvalue weighted by atomic mass is 16.6. The standard InChI is InChI=1S/C21H19N3O6/c25-19(22-14-10-8-13(9-11-14)21(27)28)17-6-1-2-7-18(17)20(26)23-15-4-3-5-16(12-15)24(29)30/h1-5,8-12,17-18H,6-7H2,(H,22,25)(H,23,26)(H,27,28). The number of rotatable bonds is 6. The molecule has 2 amide bonds. The van der Waals surface area contributed by atoms with Crippen molar-refractivity contribution in [1.82, 2.24) is 0 Å². The number of carbonyl (C=O) groups is 3. The van der Waals surface area contributed by atoms with Crippen LogP contribution in [0.3, 0.4) is 0 Å². The Morgan fingerprint density at radius 1 is 0.900 bits per heavy atom. The number of allylic oxidation sites excluding steroid dienone is 2. The fraction of sp³-hybridized carbons (Fsp3) is 0.190. The van der Waals surface area contributed by atoms with Gasteiger partial charge in [-0.1, -0.05) is 18.2 Å². The number of nitro groups is 1. The molecule has 2 aromatic rings. The number of non-ortho nitro benzene ring substituents is 1. The van der Waals surface area contributed by atoms with Gasteiger partial charge in [-0.05, 0) is 43.2 Å². The Balaban J connectivity index is 1.70. The summed E-state index contributed by atoms with van der Waals surface area (Å²) in [6.45, 7) is 0. The molecule has 154 valence electrons. The molecule has 2 unspecified atom stereocenters. The number of amides is 2. The van der Waals surface area contributed by atoms with Crippen LogP contribution in [0.2, 0.25) is 0 Å². The highest BCUT2D eigenvalue weighted by molar-refractivity contribution is 6.00. The lowest BCUT2D eigenvalue weighted by molar-refractivity contribution is -0.384. The Morgan fingerprint density at radius 2 is 1.47 bits per heavy atom. The molecule has 1 aliphatic rings. The fourth-order valence-electron chi connectivity index (χ4n) is 3.26. The van der Waals surface area contributed by atoms with Gasteiger partial charge in [-0.25, -0.2) is 4.79 Å². The third-order valence-electron chi connectivity index (χ3n) is 4.83. The number of nitrogens with one attached hydrogen (secondary N) is 2. The number of hydrogen-bond donors (Lipinski definition) is 3. The van der Waals surface area contributed by atoms with Crippen LogP contribution in [0.1, 0.15) is 23.2 Å². The number of carboxylic acid groups (broad SMARTS) is 1. The van der Waals surface area contributed by atoms with Gasteiger partial charge in [0.2, 0.25) is 11.8 Å². The lowest BCUT2D eigenvalue weighted by Crippen LogP contribution is -2.37. The monoisotopic (exact) mass is 409 g/mol. The van der Waals surface area contributed by atoms with Crippen LogP contribution in [0, 0.1) is 22.0 Å². The van der Waals surface area contributed by atoms with Gasteiger partial charge in [0.1, 0.15) is 0 Å². The first kappa shape index (κ1) is 20.7. The van der Waals surface area contributed by atoms with Crippen molar-refractivity contribution in [2.75, 3.05) is 10.6 Å². The predicted molar refractivity (Wildman–Crippen MR) is 109 cm³/mol. The minimum atomic E-state index is -1.07. The number of carboxylic acids is 1. The molecule has 30 heavy (non-hydrogen) atoms. The van der Waals surface area contributed by atoms with Crippen LogP contribution < -0.4 is 10.6 Å². The quantitative estimate of drug-likeness (QED) is 0.379. The number of nitro benzene ring substituents is 1. The highest BCUT2D eigenvalue weighted by Gasteiger charge is 2.34. The second-order valence-corrected chi connectivity index (χ2v) is 6.82. The second kappa shape index (κ2) is 8.99. The third-order valence-corrected chi connectivity index (χ3v) is 4.83. The number of hydrogen-bond acceptors (Lipinski definition) is 5. The molecule has 0 spiro atoms. The lowest BCUT2D eigenvalue weighted by atomic mass is 9.81. The summed E-state index contributed by atoms with van der Waals surface area (Å²) in [5.41, 5.74) is 0.669. The SMILES string of the molecule is O=C(O)c1ccc(NC(=O)C2CC=CCC2C(=O)Nc2cccc([N+](=O)[O-])c2)cc1. The van der Waals surface area contributed by atoms with Crippen LogP contribution in [0.5, 0.6) is 0 Å². The maximum atomic E-state index is 12.8. The van der Waals surface area contributed by atoms with Gasteiger partial charge in [-0.2, -0.15) is 0 Å². The molecular formula is C21H19N3O6. The molecule has 2 atom stereocenters. The average molecular weight is 409 g/mol. The van der Waals surface area contributed by atoms with E-state index in [1.54, 1.807) is 6.07 Å². The first-order valence-corrected chi connectivity index (χ1v) is 9.19. The van der Waals surface area contributed by atoms with Gasteiger partial charge in [0, 0.05) is 23.5 Å². The van der Waals surface area contributed by atoms with Gasteiger partial charge in [0.05, 0.1) is 22.3 Å². The summed E-state index contributed by atoms with van der Waals surface area (Å²) in [4.78, 5) is 46.8. The van der Waals surface area contributed by atoms with Crippen molar-refractivity contribution in [2.24, 2.45) is 11.8 Å². The van der Waals surface area contributed by atoms with Gasteiger partial charge in [0.25, 0.3) is 5.69 Å². The van der Waals surface area contributed by atoms with E-state index in [1.807, 2.05) is 12.2 Å². The summed E-state index contributed by atoms with van der Waals surface area (Å²) in [5.74, 6) is -3.11. The molecule has 0 aromatic heterocycles. The van der Waals surface area contributed by atoms with E-state index >= 15 is 0 Å². The first-order valence-electron chi connectivity index (χ1n) is 9.19. The van der Waals surface area contributed by atoms with E-state index in [9.17, 15) is 24.5 Å². The predicted octanol–water partition coefficient (Wildman–Crippen LogP) is 3.45. The fourth-order valence-corrected chi connectivity index (χ4v) is 3.26. The highest BCUT2D eigenvalue weighted by Crippen LogP contribution is 2.29. The summed E-state index contributed by atoms with van der Waals surface area (Å²) in [7, 11) is 0. The second-order valence-electron chi connectivity index (χ2n) is 6.82. The zero-order valence-corrected chi connectivity index (χ0v) is 15.8. The van der Waals surface area contributed by atoms with Crippen molar-refractivity contribution < 1.29 is 24.4 Å². The molecule has 3 rings (SSSR count). The van der Waals surface area contributed by atoms with E-state index in [1.165, 1.54) is 42.5 Å². The zero-order valence-electron chi connectivity index (χ0n) is 15.8. The molecule has 0 fully saturated rings. The zero-order chi connectivity index (χ0) is 21.7. The smallest absolute Gasteiger partial charge is 0.335 e. The molecule has 9 heteroatoms. The van der Waals surface area contributed by atoms with Gasteiger partial charge >= 0.3 is 5.97 Å². The molecule has 0 saturated carbocycles. The van der Waals surface area contributed by atoms with Crippen molar-refractivity contribution >= 4 is 34.8 Å². The maximum absolute atomic E-state index is 12.8. The van der Waals surface area contributed by atoms with E-state index in [-0.39, 0.29) is 22.8 Å². The largest absolute Gasteiger partial charge is 0.478 e. The number of nitrogens with zero attached hydrogens (tertiary/aromatic N) is 1. The summed E-state index contributed by atoms with van der Waals surface area (Å²) in [6.07, 6.45) is 4.38. The van der Waals surface area contributed by atoms with Crippen LogP contribution >= 0.6 is 0 Å². The first-order chi connectivity index (χ1) is 14.3. The average Bonchev–Trinajstić information content (AvgIpc) is 2.74. The number of carbonyl (C=O) groups excluding carboxylic acids is 2. The van der Waals surface area contributed by atoms with Crippen LogP contribution in [0.25, 0.3) is 0 Å². The Labute approximate surface area is 171 Å². The normalized spacial score (nSPS) is 17.7. The number of anilines is 2. The van der Waals surface area contributed by atoms with Crippen LogP contribution in [-0.4, -0.2) is 27.8 Å². The van der Waals surface area contributed by atoms with Gasteiger partial charge in [0.15, 0.2) is 0 Å². The summed E-state index contributed by atoms with van der Waals surface area (Å²) in [5, 5.41) is 25.2. The van der Waals surface area contributed by atoms with Crippen molar-refractivity contribution in [3.63, 3.8) is 0 Å². The number of aromatic carboxylic acids is 1. The topological polar surface area (TPSA) is 139 Å². The molecular weight excluding hydrogens is 390 g/mol. The van der Waals surface area contributed by atoms with Crippen molar-refractivity contribution in [3.05, 3.63) is 76.4 Å². The van der Waals surface area contributed by atoms with Crippen LogP contribution in [-0.2, 0) is 9.59 Å². The van der Waals surface area contributed by atoms with Gasteiger partial charge in [-0.3, -0.25) is 19.7 Å². The molecule has 0 aliphatic heterocycles. The maximum Gasteiger partial charge on any atom is 0.335 e. The van der Waals surface area contributed by atoms with Gasteiger partial charge < -0.3 is 15.7 Å². The van der Waals surface area contributed by atoms with E-state index < -0.39 is 28.6 Å². The minimum Gasteiger partial charge on any atom is -0.478 e.